The van der Waals surface area contributed by atoms with E-state index in [-0.39, 0.29) is 24.2 Å². The predicted molar refractivity (Wildman–Crippen MR) is 54.7 cm³/mol. The Bertz CT molecular complexity index is 339. The third kappa shape index (κ3) is 1.94. The van der Waals surface area contributed by atoms with E-state index in [0.29, 0.717) is 25.8 Å². The van der Waals surface area contributed by atoms with E-state index < -0.39 is 11.9 Å². The van der Waals surface area contributed by atoms with Crippen molar-refractivity contribution in [2.45, 2.75) is 38.1 Å². The molecule has 0 aromatic rings. The summed E-state index contributed by atoms with van der Waals surface area (Å²) in [5.74, 6) is -1.64. The molecule has 2 rings (SSSR count). The van der Waals surface area contributed by atoms with Crippen LogP contribution in [0, 0.1) is 5.92 Å². The van der Waals surface area contributed by atoms with Gasteiger partial charge in [0.25, 0.3) is 0 Å². The molecule has 1 heterocycles. The summed E-state index contributed by atoms with van der Waals surface area (Å²) in [5.41, 5.74) is 0. The molecular weight excluding hydrogens is 210 g/mol. The van der Waals surface area contributed by atoms with Crippen LogP contribution in [-0.2, 0) is 14.4 Å². The van der Waals surface area contributed by atoms with Gasteiger partial charge in [-0.25, -0.2) is 0 Å². The fraction of sp³-hybridized carbons (Fsp3) is 0.727. The minimum absolute atomic E-state index is 0.00436. The molecule has 2 fully saturated rings. The first-order chi connectivity index (χ1) is 7.59. The highest BCUT2D eigenvalue weighted by molar-refractivity contribution is 5.87. The Balaban J connectivity index is 2.14. The fourth-order valence-electron chi connectivity index (χ4n) is 2.64. The van der Waals surface area contributed by atoms with Gasteiger partial charge in [-0.15, -0.1) is 0 Å². The van der Waals surface area contributed by atoms with Crippen molar-refractivity contribution in [1.29, 1.82) is 0 Å². The summed E-state index contributed by atoms with van der Waals surface area (Å²) < 4.78 is 0. The number of carboxylic acids is 1. The topological polar surface area (TPSA) is 74.7 Å². The molecule has 1 saturated heterocycles. The maximum absolute atomic E-state index is 11.6. The number of rotatable bonds is 2. The van der Waals surface area contributed by atoms with Gasteiger partial charge in [0.15, 0.2) is 0 Å². The molecular formula is C11H15NO4. The van der Waals surface area contributed by atoms with Gasteiger partial charge in [0.2, 0.25) is 5.91 Å². The van der Waals surface area contributed by atoms with Crippen LogP contribution in [0.3, 0.4) is 0 Å². The summed E-state index contributed by atoms with van der Waals surface area (Å²) in [7, 11) is 0. The summed E-state index contributed by atoms with van der Waals surface area (Å²) in [6.45, 7) is 0.640. The molecule has 16 heavy (non-hydrogen) atoms. The summed E-state index contributed by atoms with van der Waals surface area (Å²) >= 11 is 0. The molecule has 0 bridgehead atoms. The molecule has 1 saturated carbocycles. The molecule has 0 aromatic carbocycles. The van der Waals surface area contributed by atoms with Crippen LogP contribution in [-0.4, -0.2) is 40.3 Å². The summed E-state index contributed by atoms with van der Waals surface area (Å²) in [6.07, 6.45) is 2.29. The lowest BCUT2D eigenvalue weighted by Gasteiger charge is -2.35. The van der Waals surface area contributed by atoms with E-state index in [2.05, 4.69) is 0 Å². The number of amides is 1. The van der Waals surface area contributed by atoms with Crippen LogP contribution in [0.5, 0.6) is 0 Å². The van der Waals surface area contributed by atoms with Crippen molar-refractivity contribution in [3.63, 3.8) is 0 Å². The maximum atomic E-state index is 11.6. The third-order valence-electron chi connectivity index (χ3n) is 3.46. The molecule has 1 amide bonds. The zero-order chi connectivity index (χ0) is 11.7. The number of nitrogens with zero attached hydrogens (tertiary/aromatic N) is 1. The molecule has 1 aliphatic heterocycles. The van der Waals surface area contributed by atoms with E-state index in [9.17, 15) is 14.4 Å². The zero-order valence-corrected chi connectivity index (χ0v) is 9.02. The van der Waals surface area contributed by atoms with E-state index in [0.717, 1.165) is 6.42 Å². The highest BCUT2D eigenvalue weighted by Gasteiger charge is 2.40. The Hall–Kier alpha value is -1.39. The van der Waals surface area contributed by atoms with Gasteiger partial charge in [0.1, 0.15) is 5.78 Å². The Morgan fingerprint density at radius 2 is 2.06 bits per heavy atom. The molecule has 0 spiro atoms. The molecule has 1 aliphatic carbocycles. The van der Waals surface area contributed by atoms with Gasteiger partial charge < -0.3 is 10.0 Å². The Morgan fingerprint density at radius 3 is 2.62 bits per heavy atom. The summed E-state index contributed by atoms with van der Waals surface area (Å²) in [6, 6.07) is -0.273. The minimum Gasteiger partial charge on any atom is -0.481 e. The Morgan fingerprint density at radius 1 is 1.31 bits per heavy atom. The molecule has 2 atom stereocenters. The summed E-state index contributed by atoms with van der Waals surface area (Å²) in [5, 5.41) is 9.08. The van der Waals surface area contributed by atoms with Crippen molar-refractivity contribution in [3.05, 3.63) is 0 Å². The molecule has 0 unspecified atom stereocenters. The van der Waals surface area contributed by atoms with Gasteiger partial charge in [-0.05, 0) is 12.8 Å². The van der Waals surface area contributed by atoms with E-state index >= 15 is 0 Å². The second kappa shape index (κ2) is 4.23. The van der Waals surface area contributed by atoms with Crippen molar-refractivity contribution in [2.75, 3.05) is 6.54 Å². The molecule has 2 aliphatic rings. The number of carbonyl (C=O) groups excluding carboxylic acids is 2. The first kappa shape index (κ1) is 11.1. The van der Waals surface area contributed by atoms with Crippen molar-refractivity contribution >= 4 is 17.7 Å². The largest absolute Gasteiger partial charge is 0.481 e. The van der Waals surface area contributed by atoms with Crippen LogP contribution in [0.25, 0.3) is 0 Å². The average molecular weight is 225 g/mol. The monoisotopic (exact) mass is 225 g/mol. The predicted octanol–water partition coefficient (Wildman–Crippen LogP) is 0.431. The second-order valence-corrected chi connectivity index (χ2v) is 4.48. The van der Waals surface area contributed by atoms with Gasteiger partial charge in [-0.2, -0.15) is 0 Å². The lowest BCUT2D eigenvalue weighted by molar-refractivity contribution is -0.150. The molecule has 5 nitrogen and oxygen atoms in total. The Kier molecular flexibility index (Phi) is 2.94. The molecule has 0 radical (unpaired) electrons. The van der Waals surface area contributed by atoms with Crippen LogP contribution < -0.4 is 0 Å². The van der Waals surface area contributed by atoms with E-state index in [1.807, 2.05) is 0 Å². The van der Waals surface area contributed by atoms with Crippen LogP contribution in [0.15, 0.2) is 0 Å². The van der Waals surface area contributed by atoms with E-state index in [1.165, 1.54) is 0 Å². The maximum Gasteiger partial charge on any atom is 0.309 e. The van der Waals surface area contributed by atoms with Gasteiger partial charge in [-0.1, -0.05) is 0 Å². The van der Waals surface area contributed by atoms with Gasteiger partial charge in [0, 0.05) is 31.8 Å². The van der Waals surface area contributed by atoms with Gasteiger partial charge in [-0.3, -0.25) is 14.4 Å². The number of carbonyl (C=O) groups is 3. The van der Waals surface area contributed by atoms with Gasteiger partial charge >= 0.3 is 5.97 Å². The van der Waals surface area contributed by atoms with Crippen molar-refractivity contribution in [1.82, 2.24) is 4.90 Å². The van der Waals surface area contributed by atoms with E-state index in [4.69, 9.17) is 5.11 Å². The normalized spacial score (nSPS) is 30.9. The number of carboxylic acid groups (broad SMARTS) is 1. The lowest BCUT2D eigenvalue weighted by Crippen LogP contribution is -2.47. The molecule has 0 aromatic heterocycles. The summed E-state index contributed by atoms with van der Waals surface area (Å²) in [4.78, 5) is 35.6. The van der Waals surface area contributed by atoms with Crippen LogP contribution >= 0.6 is 0 Å². The molecule has 5 heteroatoms. The third-order valence-corrected chi connectivity index (χ3v) is 3.46. The minimum atomic E-state index is -0.960. The zero-order valence-electron chi connectivity index (χ0n) is 9.02. The van der Waals surface area contributed by atoms with Crippen molar-refractivity contribution in [2.24, 2.45) is 5.92 Å². The Labute approximate surface area is 93.4 Å². The van der Waals surface area contributed by atoms with Crippen LogP contribution in [0.1, 0.15) is 32.1 Å². The lowest BCUT2D eigenvalue weighted by atomic mass is 9.83. The molecule has 88 valence electrons. The number of hydrogen-bond donors (Lipinski definition) is 1. The highest BCUT2D eigenvalue weighted by atomic mass is 16.4. The number of ketones is 1. The molecule has 1 N–H and O–H groups in total. The standard InChI is InChI=1S/C11H15NO4/c13-7-3-4-9(8(6-7)11(15)16)12-5-1-2-10(12)14/h8-9H,1-6H2,(H,15,16)/t8-,9+/m1/s1. The first-order valence-corrected chi connectivity index (χ1v) is 5.63. The number of aliphatic carboxylic acids is 1. The number of hydrogen-bond acceptors (Lipinski definition) is 3. The van der Waals surface area contributed by atoms with Crippen molar-refractivity contribution < 1.29 is 19.5 Å². The first-order valence-electron chi connectivity index (χ1n) is 5.63. The van der Waals surface area contributed by atoms with Crippen LogP contribution in [0.2, 0.25) is 0 Å². The second-order valence-electron chi connectivity index (χ2n) is 4.48. The quantitative estimate of drug-likeness (QED) is 0.739. The van der Waals surface area contributed by atoms with E-state index in [1.54, 1.807) is 4.90 Å². The SMILES string of the molecule is O=C1CC[C@H](N2CCCC2=O)[C@H](C(=O)O)C1. The van der Waals surface area contributed by atoms with Crippen LogP contribution in [0.4, 0.5) is 0 Å². The number of Topliss-reactive ketones (excluding diaryl/α,β-unsaturated/α-hetero) is 1. The fourth-order valence-corrected chi connectivity index (χ4v) is 2.64. The van der Waals surface area contributed by atoms with Crippen molar-refractivity contribution in [3.8, 4) is 0 Å². The van der Waals surface area contributed by atoms with Gasteiger partial charge in [0.05, 0.1) is 5.92 Å². The number of likely N-dealkylation sites (tertiary alicyclic amines) is 1. The highest BCUT2D eigenvalue weighted by Crippen LogP contribution is 2.29. The average Bonchev–Trinajstić information content (AvgIpc) is 2.64. The smallest absolute Gasteiger partial charge is 0.309 e.